The molecular formula is C28H40F2N10O4S. The van der Waals surface area contributed by atoms with Gasteiger partial charge in [0.2, 0.25) is 27.9 Å². The molecule has 6 rings (SSSR count). The second-order valence-corrected chi connectivity index (χ2v) is 13.6. The van der Waals surface area contributed by atoms with Crippen LogP contribution in [-0.4, -0.2) is 152 Å². The first-order valence-corrected chi connectivity index (χ1v) is 16.9. The molecule has 0 unspecified atom stereocenters. The van der Waals surface area contributed by atoms with Crippen molar-refractivity contribution in [3.8, 4) is 11.7 Å². The van der Waals surface area contributed by atoms with Gasteiger partial charge in [0.15, 0.2) is 5.82 Å². The van der Waals surface area contributed by atoms with E-state index >= 15 is 0 Å². The molecule has 14 nitrogen and oxygen atoms in total. The van der Waals surface area contributed by atoms with E-state index in [1.54, 1.807) is 18.2 Å². The zero-order chi connectivity index (χ0) is 31.6. The first kappa shape index (κ1) is 31.7. The number of aromatic nitrogens is 5. The Hall–Kier alpha value is -3.25. The predicted molar refractivity (Wildman–Crippen MR) is 165 cm³/mol. The van der Waals surface area contributed by atoms with Gasteiger partial charge >= 0.3 is 0 Å². The summed E-state index contributed by atoms with van der Waals surface area (Å²) in [6.07, 6.45) is -2.32. The Morgan fingerprint density at radius 2 is 1.51 bits per heavy atom. The van der Waals surface area contributed by atoms with Gasteiger partial charge in [-0.1, -0.05) is 6.07 Å². The van der Waals surface area contributed by atoms with Crippen molar-refractivity contribution in [3.05, 3.63) is 24.0 Å². The molecule has 246 valence electrons. The van der Waals surface area contributed by atoms with Gasteiger partial charge in [0.1, 0.15) is 11.3 Å². The number of anilines is 2. The number of halogens is 2. The summed E-state index contributed by atoms with van der Waals surface area (Å²) in [7, 11) is 0.128. The third kappa shape index (κ3) is 6.96. The number of hydrogen-bond acceptors (Lipinski definition) is 12. The summed E-state index contributed by atoms with van der Waals surface area (Å²) >= 11 is 0. The van der Waals surface area contributed by atoms with Gasteiger partial charge in [-0.15, -0.1) is 0 Å². The van der Waals surface area contributed by atoms with Gasteiger partial charge in [0, 0.05) is 65.4 Å². The number of rotatable bonds is 10. The minimum absolute atomic E-state index is 0.00602. The molecule has 3 saturated heterocycles. The molecule has 0 radical (unpaired) electrons. The molecule has 0 atom stereocenters. The van der Waals surface area contributed by atoms with E-state index in [1.165, 1.54) is 16.0 Å². The molecule has 0 saturated carbocycles. The van der Waals surface area contributed by atoms with E-state index in [4.69, 9.17) is 14.5 Å². The number of morpholine rings is 1. The Balaban J connectivity index is 1.23. The molecule has 3 aromatic rings. The van der Waals surface area contributed by atoms with Gasteiger partial charge in [-0.2, -0.15) is 19.3 Å². The average molecular weight is 651 g/mol. The summed E-state index contributed by atoms with van der Waals surface area (Å²) in [5.74, 6) is 0.584. The van der Waals surface area contributed by atoms with E-state index in [2.05, 4.69) is 31.8 Å². The Bertz CT molecular complexity index is 1570. The first-order valence-electron chi connectivity index (χ1n) is 15.3. The van der Waals surface area contributed by atoms with Crippen LogP contribution in [0.15, 0.2) is 18.2 Å². The highest BCUT2D eigenvalue weighted by Crippen LogP contribution is 2.32. The van der Waals surface area contributed by atoms with Crippen LogP contribution in [0.3, 0.4) is 0 Å². The third-order valence-electron chi connectivity index (χ3n) is 8.57. The van der Waals surface area contributed by atoms with E-state index in [1.807, 2.05) is 9.80 Å². The fourth-order valence-corrected chi connectivity index (χ4v) is 7.41. The highest BCUT2D eigenvalue weighted by atomic mass is 32.2. The SMILES string of the molecule is COc1cccc2c1nc(C(F)F)n2-c1nc(N2CCOCC2)nc(N2CCN(S(=O)(=O)CCCN3CCN(C)CC3)CC2)n1. The summed E-state index contributed by atoms with van der Waals surface area (Å²) in [5, 5.41) is 0. The van der Waals surface area contributed by atoms with Crippen LogP contribution in [-0.2, 0) is 14.8 Å². The van der Waals surface area contributed by atoms with Crippen LogP contribution in [0, 0.1) is 0 Å². The highest BCUT2D eigenvalue weighted by Gasteiger charge is 2.31. The van der Waals surface area contributed by atoms with Crippen molar-refractivity contribution >= 4 is 33.0 Å². The molecule has 0 spiro atoms. The van der Waals surface area contributed by atoms with Gasteiger partial charge in [-0.05, 0) is 32.1 Å². The van der Waals surface area contributed by atoms with Crippen LogP contribution in [0.2, 0.25) is 0 Å². The van der Waals surface area contributed by atoms with Gasteiger partial charge in [0.25, 0.3) is 6.43 Å². The Morgan fingerprint density at radius 1 is 0.867 bits per heavy atom. The van der Waals surface area contributed by atoms with Crippen molar-refractivity contribution in [2.24, 2.45) is 0 Å². The second kappa shape index (κ2) is 13.6. The smallest absolute Gasteiger partial charge is 0.296 e. The van der Waals surface area contributed by atoms with Crippen molar-refractivity contribution in [3.63, 3.8) is 0 Å². The zero-order valence-corrected chi connectivity index (χ0v) is 26.5. The Kier molecular flexibility index (Phi) is 9.60. The van der Waals surface area contributed by atoms with E-state index < -0.39 is 22.3 Å². The van der Waals surface area contributed by atoms with Gasteiger partial charge in [-0.3, -0.25) is 4.57 Å². The van der Waals surface area contributed by atoms with Crippen molar-refractivity contribution in [2.45, 2.75) is 12.8 Å². The first-order chi connectivity index (χ1) is 21.7. The molecule has 0 bridgehead atoms. The predicted octanol–water partition coefficient (Wildman–Crippen LogP) is 1.08. The number of sulfonamides is 1. The molecule has 1 aromatic carbocycles. The van der Waals surface area contributed by atoms with Crippen molar-refractivity contribution in [1.82, 2.24) is 38.6 Å². The van der Waals surface area contributed by atoms with Crippen LogP contribution in [0.4, 0.5) is 20.7 Å². The molecule has 0 aliphatic carbocycles. The number of ether oxygens (including phenoxy) is 2. The minimum atomic E-state index is -3.43. The maximum absolute atomic E-state index is 14.4. The number of hydrogen-bond donors (Lipinski definition) is 0. The molecule has 3 aliphatic rings. The second-order valence-electron chi connectivity index (χ2n) is 11.5. The maximum Gasteiger partial charge on any atom is 0.296 e. The van der Waals surface area contributed by atoms with E-state index in [9.17, 15) is 17.2 Å². The summed E-state index contributed by atoms with van der Waals surface area (Å²) in [6, 6.07) is 5.03. The number of piperazine rings is 2. The monoisotopic (exact) mass is 650 g/mol. The number of nitrogens with zero attached hydrogens (tertiary/aromatic N) is 10. The molecule has 3 aliphatic heterocycles. The van der Waals surface area contributed by atoms with Crippen LogP contribution in [0.5, 0.6) is 5.75 Å². The highest BCUT2D eigenvalue weighted by molar-refractivity contribution is 7.89. The number of fused-ring (bicyclic) bond motifs is 1. The summed E-state index contributed by atoms with van der Waals surface area (Å²) < 4.78 is 68.8. The lowest BCUT2D eigenvalue weighted by Crippen LogP contribution is -2.50. The fourth-order valence-electron chi connectivity index (χ4n) is 5.94. The lowest BCUT2D eigenvalue weighted by Gasteiger charge is -2.35. The van der Waals surface area contributed by atoms with Crippen molar-refractivity contribution < 1.29 is 26.7 Å². The summed E-state index contributed by atoms with van der Waals surface area (Å²) in [4.78, 5) is 26.6. The van der Waals surface area contributed by atoms with E-state index in [0.29, 0.717) is 69.0 Å². The Morgan fingerprint density at radius 3 is 2.16 bits per heavy atom. The zero-order valence-electron chi connectivity index (χ0n) is 25.7. The lowest BCUT2D eigenvalue weighted by atomic mass is 10.3. The molecular weight excluding hydrogens is 610 g/mol. The largest absolute Gasteiger partial charge is 0.494 e. The molecule has 0 N–H and O–H groups in total. The molecule has 2 aromatic heterocycles. The van der Waals surface area contributed by atoms with Crippen LogP contribution in [0.1, 0.15) is 18.7 Å². The number of likely N-dealkylation sites (N-methyl/N-ethyl adjacent to an activating group) is 1. The fraction of sp³-hybridized carbons (Fsp3) is 0.643. The van der Waals surface area contributed by atoms with Crippen LogP contribution < -0.4 is 14.5 Å². The van der Waals surface area contributed by atoms with Crippen LogP contribution >= 0.6 is 0 Å². The van der Waals surface area contributed by atoms with Gasteiger partial charge in [-0.25, -0.2) is 22.2 Å². The quantitative estimate of drug-likeness (QED) is 0.312. The lowest BCUT2D eigenvalue weighted by molar-refractivity contribution is 0.122. The average Bonchev–Trinajstić information content (AvgIpc) is 3.46. The standard InChI is InChI=1S/C28H40F2N10O4S/c1-35-8-10-36(11-9-35)7-4-20-45(41,42)39-14-12-37(13-15-39)26-32-27(38-16-18-44-19-17-38)34-28(33-26)40-21-5-3-6-22(43-2)23(21)31-25(40)24(29)30/h3,5-6,24H,4,7-20H2,1-2H3. The molecule has 3 fully saturated rings. The number of methoxy groups -OCH3 is 1. The summed E-state index contributed by atoms with van der Waals surface area (Å²) in [6.45, 7) is 7.94. The topological polar surface area (TPSA) is 125 Å². The molecule has 5 heterocycles. The summed E-state index contributed by atoms with van der Waals surface area (Å²) in [5.41, 5.74) is 0.652. The molecule has 0 amide bonds. The van der Waals surface area contributed by atoms with Crippen LogP contribution in [0.25, 0.3) is 17.0 Å². The minimum Gasteiger partial charge on any atom is -0.494 e. The van der Waals surface area contributed by atoms with E-state index in [0.717, 1.165) is 32.7 Å². The van der Waals surface area contributed by atoms with Gasteiger partial charge < -0.3 is 29.1 Å². The van der Waals surface area contributed by atoms with E-state index in [-0.39, 0.29) is 30.3 Å². The normalized spacial score (nSPS) is 19.6. The third-order valence-corrected chi connectivity index (χ3v) is 10.5. The number of imidazole rings is 1. The number of para-hydroxylation sites is 1. The number of benzene rings is 1. The maximum atomic E-state index is 14.4. The van der Waals surface area contributed by atoms with Gasteiger partial charge in [0.05, 0.1) is 31.6 Å². The molecule has 45 heavy (non-hydrogen) atoms. The molecule has 17 heteroatoms. The Labute approximate surface area is 261 Å². The van der Waals surface area contributed by atoms with Crippen molar-refractivity contribution in [1.29, 1.82) is 0 Å². The van der Waals surface area contributed by atoms with Crippen molar-refractivity contribution in [2.75, 3.05) is 115 Å². The number of alkyl halides is 2.